The van der Waals surface area contributed by atoms with Gasteiger partial charge in [-0.05, 0) is 36.0 Å². The van der Waals surface area contributed by atoms with Crippen molar-refractivity contribution >= 4 is 11.6 Å². The average molecular weight is 228 g/mol. The predicted octanol–water partition coefficient (Wildman–Crippen LogP) is 3.45. The second-order valence-electron chi connectivity index (χ2n) is 5.30. The van der Waals surface area contributed by atoms with Crippen LogP contribution in [0.1, 0.15) is 32.3 Å². The molecule has 3 heteroatoms. The molecule has 0 unspecified atom stereocenters. The van der Waals surface area contributed by atoms with Crippen LogP contribution in [0.3, 0.4) is 0 Å². The summed E-state index contributed by atoms with van der Waals surface area (Å²) in [5.74, 6) is -0.314. The first kappa shape index (κ1) is 10.9. The van der Waals surface area contributed by atoms with Gasteiger partial charge in [0.2, 0.25) is 0 Å². The highest BCUT2D eigenvalue weighted by atomic mass is 35.5. The van der Waals surface area contributed by atoms with Crippen molar-refractivity contribution < 1.29 is 4.39 Å². The summed E-state index contributed by atoms with van der Waals surface area (Å²) in [6, 6.07) is 4.45. The van der Waals surface area contributed by atoms with E-state index in [9.17, 15) is 4.39 Å². The molecule has 0 bridgehead atoms. The summed E-state index contributed by atoms with van der Waals surface area (Å²) in [4.78, 5) is 0. The third kappa shape index (κ3) is 1.88. The van der Waals surface area contributed by atoms with E-state index in [1.807, 2.05) is 0 Å². The van der Waals surface area contributed by atoms with E-state index in [0.717, 1.165) is 18.4 Å². The zero-order valence-electron chi connectivity index (χ0n) is 8.98. The predicted molar refractivity (Wildman–Crippen MR) is 60.3 cm³/mol. The number of halogens is 2. The highest BCUT2D eigenvalue weighted by Crippen LogP contribution is 2.53. The van der Waals surface area contributed by atoms with Gasteiger partial charge in [0.1, 0.15) is 5.82 Å². The largest absolute Gasteiger partial charge is 0.321 e. The molecule has 1 aliphatic carbocycles. The minimum absolute atomic E-state index is 0.270. The summed E-state index contributed by atoms with van der Waals surface area (Å²) in [7, 11) is 0. The summed E-state index contributed by atoms with van der Waals surface area (Å²) in [6.07, 6.45) is 1.79. The van der Waals surface area contributed by atoms with Crippen LogP contribution < -0.4 is 5.73 Å². The Balaban J connectivity index is 2.32. The number of hydrogen-bond donors (Lipinski definition) is 1. The van der Waals surface area contributed by atoms with E-state index in [4.69, 9.17) is 17.3 Å². The molecule has 0 saturated heterocycles. The van der Waals surface area contributed by atoms with E-state index in [1.165, 1.54) is 12.1 Å². The van der Waals surface area contributed by atoms with Gasteiger partial charge in [-0.1, -0.05) is 31.5 Å². The van der Waals surface area contributed by atoms with Crippen molar-refractivity contribution in [2.24, 2.45) is 11.1 Å². The summed E-state index contributed by atoms with van der Waals surface area (Å²) < 4.78 is 12.9. The molecule has 2 rings (SSSR count). The normalized spacial score (nSPS) is 22.2. The standard InChI is InChI=1S/C12H15ClFN/c1-11(2)6-12(15,7-11)9-4-3-8(14)5-10(9)13/h3-5H,6-7,15H2,1-2H3. The monoisotopic (exact) mass is 227 g/mol. The van der Waals surface area contributed by atoms with Crippen LogP contribution in [-0.4, -0.2) is 0 Å². The van der Waals surface area contributed by atoms with Gasteiger partial charge in [-0.2, -0.15) is 0 Å². The maximum absolute atomic E-state index is 12.9. The van der Waals surface area contributed by atoms with Crippen LogP contribution in [0.5, 0.6) is 0 Å². The molecule has 1 aromatic carbocycles. The minimum Gasteiger partial charge on any atom is -0.321 e. The van der Waals surface area contributed by atoms with Gasteiger partial charge in [0, 0.05) is 10.6 Å². The smallest absolute Gasteiger partial charge is 0.124 e. The second-order valence-corrected chi connectivity index (χ2v) is 5.71. The Morgan fingerprint density at radius 1 is 1.33 bits per heavy atom. The highest BCUT2D eigenvalue weighted by molar-refractivity contribution is 6.31. The van der Waals surface area contributed by atoms with Gasteiger partial charge < -0.3 is 5.73 Å². The SMILES string of the molecule is CC1(C)CC(N)(c2ccc(F)cc2Cl)C1. The summed E-state index contributed by atoms with van der Waals surface area (Å²) in [5.41, 5.74) is 7.01. The van der Waals surface area contributed by atoms with E-state index < -0.39 is 0 Å². The molecule has 0 amide bonds. The van der Waals surface area contributed by atoms with Gasteiger partial charge in [-0.15, -0.1) is 0 Å². The van der Waals surface area contributed by atoms with E-state index in [0.29, 0.717) is 5.02 Å². The van der Waals surface area contributed by atoms with Crippen LogP contribution in [-0.2, 0) is 5.54 Å². The van der Waals surface area contributed by atoms with Crippen LogP contribution in [0.15, 0.2) is 18.2 Å². The van der Waals surface area contributed by atoms with E-state index in [2.05, 4.69) is 13.8 Å². The van der Waals surface area contributed by atoms with E-state index >= 15 is 0 Å². The molecule has 1 aliphatic rings. The van der Waals surface area contributed by atoms with E-state index in [-0.39, 0.29) is 16.8 Å². The van der Waals surface area contributed by atoms with Gasteiger partial charge >= 0.3 is 0 Å². The lowest BCUT2D eigenvalue weighted by Crippen LogP contribution is -2.53. The first-order valence-corrected chi connectivity index (χ1v) is 5.45. The van der Waals surface area contributed by atoms with Crippen molar-refractivity contribution in [1.82, 2.24) is 0 Å². The van der Waals surface area contributed by atoms with Gasteiger partial charge in [0.05, 0.1) is 0 Å². The van der Waals surface area contributed by atoms with Crippen LogP contribution in [0, 0.1) is 11.2 Å². The van der Waals surface area contributed by atoms with Crippen LogP contribution in [0.4, 0.5) is 4.39 Å². The average Bonchev–Trinajstić information content (AvgIpc) is 1.98. The van der Waals surface area contributed by atoms with Gasteiger partial charge in [-0.25, -0.2) is 4.39 Å². The molecule has 0 aromatic heterocycles. The Hall–Kier alpha value is -0.600. The van der Waals surface area contributed by atoms with Crippen LogP contribution in [0.2, 0.25) is 5.02 Å². The highest BCUT2D eigenvalue weighted by Gasteiger charge is 2.48. The fraction of sp³-hybridized carbons (Fsp3) is 0.500. The Bertz CT molecular complexity index is 393. The van der Waals surface area contributed by atoms with Gasteiger partial charge in [0.25, 0.3) is 0 Å². The molecular formula is C12H15ClFN. The fourth-order valence-electron chi connectivity index (χ4n) is 2.74. The molecule has 1 saturated carbocycles. The lowest BCUT2D eigenvalue weighted by molar-refractivity contribution is 0.0619. The molecule has 0 heterocycles. The second kappa shape index (κ2) is 3.19. The molecule has 1 nitrogen and oxygen atoms in total. The fourth-order valence-corrected chi connectivity index (χ4v) is 3.10. The third-order valence-corrected chi connectivity index (χ3v) is 3.37. The molecule has 82 valence electrons. The maximum atomic E-state index is 12.9. The van der Waals surface area contributed by atoms with Crippen molar-refractivity contribution in [3.05, 3.63) is 34.6 Å². The molecule has 0 radical (unpaired) electrons. The molecular weight excluding hydrogens is 213 g/mol. The molecule has 2 N–H and O–H groups in total. The first-order chi connectivity index (χ1) is 6.82. The van der Waals surface area contributed by atoms with Crippen molar-refractivity contribution in [3.8, 4) is 0 Å². The summed E-state index contributed by atoms with van der Waals surface area (Å²) in [6.45, 7) is 4.35. The van der Waals surface area contributed by atoms with Crippen molar-refractivity contribution in [3.63, 3.8) is 0 Å². The zero-order chi connectivity index (χ0) is 11.3. The molecule has 1 aromatic rings. The van der Waals surface area contributed by atoms with Crippen LogP contribution in [0.25, 0.3) is 0 Å². The first-order valence-electron chi connectivity index (χ1n) is 5.07. The number of rotatable bonds is 1. The Morgan fingerprint density at radius 2 is 1.93 bits per heavy atom. The van der Waals surface area contributed by atoms with Crippen molar-refractivity contribution in [2.75, 3.05) is 0 Å². The van der Waals surface area contributed by atoms with Gasteiger partial charge in [0.15, 0.2) is 0 Å². The summed E-state index contributed by atoms with van der Waals surface area (Å²) in [5, 5.41) is 0.438. The zero-order valence-corrected chi connectivity index (χ0v) is 9.74. The van der Waals surface area contributed by atoms with Crippen molar-refractivity contribution in [1.29, 1.82) is 0 Å². The van der Waals surface area contributed by atoms with Crippen LogP contribution >= 0.6 is 11.6 Å². The maximum Gasteiger partial charge on any atom is 0.124 e. The third-order valence-electron chi connectivity index (χ3n) is 3.06. The van der Waals surface area contributed by atoms with Gasteiger partial charge in [-0.3, -0.25) is 0 Å². The molecule has 0 spiro atoms. The lowest BCUT2D eigenvalue weighted by atomic mass is 9.57. The van der Waals surface area contributed by atoms with E-state index in [1.54, 1.807) is 6.07 Å². The Kier molecular flexibility index (Phi) is 2.32. The Morgan fingerprint density at radius 3 is 2.40 bits per heavy atom. The molecule has 1 fully saturated rings. The number of benzene rings is 1. The molecule has 0 atom stereocenters. The molecule has 0 aliphatic heterocycles. The minimum atomic E-state index is -0.367. The molecule has 15 heavy (non-hydrogen) atoms. The number of hydrogen-bond acceptors (Lipinski definition) is 1. The Labute approximate surface area is 94.4 Å². The lowest BCUT2D eigenvalue weighted by Gasteiger charge is -2.51. The topological polar surface area (TPSA) is 26.0 Å². The quantitative estimate of drug-likeness (QED) is 0.782. The summed E-state index contributed by atoms with van der Waals surface area (Å²) >= 11 is 6.00. The number of nitrogens with two attached hydrogens (primary N) is 1. The van der Waals surface area contributed by atoms with Crippen molar-refractivity contribution in [2.45, 2.75) is 32.2 Å².